The van der Waals surface area contributed by atoms with Crippen molar-refractivity contribution in [1.82, 2.24) is 15.3 Å². The summed E-state index contributed by atoms with van der Waals surface area (Å²) in [6.45, 7) is 4.30. The third-order valence-electron chi connectivity index (χ3n) is 6.04. The first-order chi connectivity index (χ1) is 15.5. The van der Waals surface area contributed by atoms with E-state index in [-0.39, 0.29) is 5.91 Å². The molecule has 0 atom stereocenters. The van der Waals surface area contributed by atoms with Gasteiger partial charge in [-0.15, -0.1) is 0 Å². The number of methoxy groups -OCH3 is 2. The van der Waals surface area contributed by atoms with Crippen molar-refractivity contribution in [2.45, 2.75) is 19.8 Å². The molecule has 1 saturated heterocycles. The number of benzene rings is 2. The summed E-state index contributed by atoms with van der Waals surface area (Å²) in [6.07, 6.45) is 3.51. The summed E-state index contributed by atoms with van der Waals surface area (Å²) in [5, 5.41) is 3.99. The third-order valence-corrected chi connectivity index (χ3v) is 6.04. The second kappa shape index (κ2) is 9.30. The van der Waals surface area contributed by atoms with Crippen molar-refractivity contribution >= 4 is 28.3 Å². The van der Waals surface area contributed by atoms with Crippen LogP contribution in [0.3, 0.4) is 0 Å². The summed E-state index contributed by atoms with van der Waals surface area (Å²) < 4.78 is 10.9. The van der Waals surface area contributed by atoms with Gasteiger partial charge in [0.05, 0.1) is 25.3 Å². The van der Waals surface area contributed by atoms with E-state index in [1.807, 2.05) is 31.2 Å². The molecule has 3 N–H and O–H groups in total. The number of ether oxygens (including phenoxy) is 2. The van der Waals surface area contributed by atoms with Gasteiger partial charge in [-0.3, -0.25) is 4.79 Å². The molecular weight excluding hydrogens is 406 g/mol. The Morgan fingerprint density at radius 3 is 2.56 bits per heavy atom. The van der Waals surface area contributed by atoms with Crippen molar-refractivity contribution in [2.24, 2.45) is 5.92 Å². The fourth-order valence-corrected chi connectivity index (χ4v) is 4.17. The second-order valence-electron chi connectivity index (χ2n) is 8.15. The maximum absolute atomic E-state index is 12.6. The number of amides is 1. The predicted octanol–water partition coefficient (Wildman–Crippen LogP) is 3.18. The lowest BCUT2D eigenvalue weighted by Crippen LogP contribution is -2.39. The molecule has 0 unspecified atom stereocenters. The first-order valence-corrected chi connectivity index (χ1v) is 10.8. The molecule has 1 aliphatic rings. The van der Waals surface area contributed by atoms with E-state index in [1.165, 1.54) is 0 Å². The van der Waals surface area contributed by atoms with Gasteiger partial charge in [-0.1, -0.05) is 11.6 Å². The molecule has 0 radical (unpaired) electrons. The number of rotatable bonds is 6. The summed E-state index contributed by atoms with van der Waals surface area (Å²) in [6, 6.07) is 9.32. The summed E-state index contributed by atoms with van der Waals surface area (Å²) in [5.41, 5.74) is 8.85. The Labute approximate surface area is 187 Å². The number of nitrogens with one attached hydrogen (secondary N) is 1. The molecule has 0 saturated carbocycles. The van der Waals surface area contributed by atoms with Gasteiger partial charge in [0.15, 0.2) is 11.5 Å². The molecule has 8 heteroatoms. The Morgan fingerprint density at radius 2 is 1.84 bits per heavy atom. The maximum Gasteiger partial charge on any atom is 0.253 e. The van der Waals surface area contributed by atoms with Gasteiger partial charge in [0.25, 0.3) is 5.91 Å². The van der Waals surface area contributed by atoms with Crippen LogP contribution in [0.4, 0.5) is 11.5 Å². The van der Waals surface area contributed by atoms with Crippen LogP contribution in [0, 0.1) is 12.8 Å². The Balaban J connectivity index is 1.41. The maximum atomic E-state index is 12.6. The van der Waals surface area contributed by atoms with Crippen molar-refractivity contribution in [2.75, 3.05) is 44.5 Å². The van der Waals surface area contributed by atoms with E-state index in [2.05, 4.69) is 20.2 Å². The number of nitrogen functional groups attached to an aromatic ring is 1. The lowest BCUT2D eigenvalue weighted by Gasteiger charge is -2.33. The summed E-state index contributed by atoms with van der Waals surface area (Å²) in [5.74, 6) is 2.49. The minimum atomic E-state index is -0.114. The van der Waals surface area contributed by atoms with Gasteiger partial charge in [0.1, 0.15) is 12.1 Å². The molecule has 0 aliphatic carbocycles. The molecule has 2 heterocycles. The molecule has 32 heavy (non-hydrogen) atoms. The zero-order valence-electron chi connectivity index (χ0n) is 18.7. The van der Waals surface area contributed by atoms with Crippen molar-refractivity contribution in [1.29, 1.82) is 0 Å². The first kappa shape index (κ1) is 21.7. The van der Waals surface area contributed by atoms with E-state index in [1.54, 1.807) is 26.6 Å². The molecule has 2 aromatic carbocycles. The summed E-state index contributed by atoms with van der Waals surface area (Å²) in [7, 11) is 3.24. The van der Waals surface area contributed by atoms with Gasteiger partial charge < -0.3 is 25.4 Å². The van der Waals surface area contributed by atoms with Crippen LogP contribution in [0.5, 0.6) is 11.5 Å². The molecule has 1 aliphatic heterocycles. The number of carbonyl (C=O) groups excluding carboxylic acids is 1. The zero-order chi connectivity index (χ0) is 22.7. The minimum absolute atomic E-state index is 0.114. The third kappa shape index (κ3) is 4.39. The highest BCUT2D eigenvalue weighted by molar-refractivity contribution is 5.99. The highest BCUT2D eigenvalue weighted by Crippen LogP contribution is 2.35. The quantitative estimate of drug-likeness (QED) is 0.573. The Bertz CT molecular complexity index is 1130. The van der Waals surface area contributed by atoms with Crippen LogP contribution >= 0.6 is 0 Å². The number of hydrogen-bond donors (Lipinski definition) is 2. The van der Waals surface area contributed by atoms with Gasteiger partial charge in [-0.2, -0.15) is 0 Å². The van der Waals surface area contributed by atoms with Gasteiger partial charge >= 0.3 is 0 Å². The van der Waals surface area contributed by atoms with E-state index in [0.29, 0.717) is 35.2 Å². The number of hydrogen-bond acceptors (Lipinski definition) is 7. The van der Waals surface area contributed by atoms with Crippen molar-refractivity contribution in [3.8, 4) is 11.5 Å². The van der Waals surface area contributed by atoms with Crippen LogP contribution in [-0.4, -0.2) is 49.7 Å². The number of piperidine rings is 1. The monoisotopic (exact) mass is 435 g/mol. The van der Waals surface area contributed by atoms with E-state index in [4.69, 9.17) is 15.2 Å². The van der Waals surface area contributed by atoms with Crippen molar-refractivity contribution in [3.05, 3.63) is 47.8 Å². The molecule has 3 aromatic rings. The minimum Gasteiger partial charge on any atom is -0.493 e. The lowest BCUT2D eigenvalue weighted by atomic mass is 9.96. The van der Waals surface area contributed by atoms with Crippen LogP contribution in [-0.2, 0) is 0 Å². The number of fused-ring (bicyclic) bond motifs is 1. The van der Waals surface area contributed by atoms with E-state index < -0.39 is 0 Å². The highest BCUT2D eigenvalue weighted by Gasteiger charge is 2.23. The number of anilines is 2. The predicted molar refractivity (Wildman–Crippen MR) is 126 cm³/mol. The number of nitrogens with two attached hydrogens (primary N) is 1. The summed E-state index contributed by atoms with van der Waals surface area (Å²) in [4.78, 5) is 23.8. The molecule has 4 rings (SSSR count). The molecule has 1 fully saturated rings. The Kier molecular flexibility index (Phi) is 6.30. The topological polar surface area (TPSA) is 103 Å². The average molecular weight is 436 g/mol. The highest BCUT2D eigenvalue weighted by atomic mass is 16.5. The van der Waals surface area contributed by atoms with Gasteiger partial charge in [0, 0.05) is 36.8 Å². The van der Waals surface area contributed by atoms with Gasteiger partial charge in [-0.25, -0.2) is 9.97 Å². The molecule has 8 nitrogen and oxygen atoms in total. The fourth-order valence-electron chi connectivity index (χ4n) is 4.17. The SMILES string of the molecule is COc1cc2ncnc(N3CCC(CNC(=O)c4cc(C)ccc4N)CC3)c2cc1OC. The Hall–Kier alpha value is -3.55. The molecular formula is C24H29N5O3. The number of aryl methyl sites for hydroxylation is 1. The fraction of sp³-hybridized carbons (Fsp3) is 0.375. The van der Waals surface area contributed by atoms with E-state index >= 15 is 0 Å². The molecule has 1 aromatic heterocycles. The lowest BCUT2D eigenvalue weighted by molar-refractivity contribution is 0.0945. The van der Waals surface area contributed by atoms with E-state index in [0.717, 1.165) is 48.2 Å². The van der Waals surface area contributed by atoms with Gasteiger partial charge in [0.2, 0.25) is 0 Å². The van der Waals surface area contributed by atoms with Crippen LogP contribution in [0.1, 0.15) is 28.8 Å². The standard InChI is InChI=1S/C24H29N5O3/c1-15-4-5-19(25)17(10-15)24(30)26-13-16-6-8-29(9-7-16)23-18-11-21(31-2)22(32-3)12-20(18)27-14-28-23/h4-5,10-12,14,16H,6-9,13,25H2,1-3H3,(H,26,30). The number of aromatic nitrogens is 2. The van der Waals surface area contributed by atoms with Crippen molar-refractivity contribution in [3.63, 3.8) is 0 Å². The smallest absolute Gasteiger partial charge is 0.253 e. The van der Waals surface area contributed by atoms with Crippen LogP contribution in [0.25, 0.3) is 10.9 Å². The zero-order valence-corrected chi connectivity index (χ0v) is 18.7. The van der Waals surface area contributed by atoms with Crippen LogP contribution in [0.15, 0.2) is 36.7 Å². The molecule has 168 valence electrons. The molecule has 1 amide bonds. The first-order valence-electron chi connectivity index (χ1n) is 10.8. The largest absolute Gasteiger partial charge is 0.493 e. The molecule has 0 spiro atoms. The Morgan fingerprint density at radius 1 is 1.12 bits per heavy atom. The molecule has 0 bridgehead atoms. The number of carbonyl (C=O) groups is 1. The van der Waals surface area contributed by atoms with Crippen molar-refractivity contribution < 1.29 is 14.3 Å². The normalized spacial score (nSPS) is 14.4. The second-order valence-corrected chi connectivity index (χ2v) is 8.15. The van der Waals surface area contributed by atoms with E-state index in [9.17, 15) is 4.79 Å². The van der Waals surface area contributed by atoms with Gasteiger partial charge in [-0.05, 0) is 43.9 Å². The summed E-state index contributed by atoms with van der Waals surface area (Å²) >= 11 is 0. The van der Waals surface area contributed by atoms with Crippen LogP contribution < -0.4 is 25.4 Å². The average Bonchev–Trinajstić information content (AvgIpc) is 2.83. The van der Waals surface area contributed by atoms with Crippen LogP contribution in [0.2, 0.25) is 0 Å². The number of nitrogens with zero attached hydrogens (tertiary/aromatic N) is 3.